The van der Waals surface area contributed by atoms with Crippen LogP contribution in [0.2, 0.25) is 0 Å². The molecule has 0 spiro atoms. The molecule has 0 radical (unpaired) electrons. The van der Waals surface area contributed by atoms with Crippen LogP contribution in [0.25, 0.3) is 0 Å². The highest BCUT2D eigenvalue weighted by Crippen LogP contribution is 2.11. The predicted molar refractivity (Wildman–Crippen MR) is 54.5 cm³/mol. The van der Waals surface area contributed by atoms with Crippen molar-refractivity contribution in [1.29, 1.82) is 5.26 Å². The van der Waals surface area contributed by atoms with Crippen LogP contribution in [-0.2, 0) is 6.54 Å². The average molecular weight is 192 g/mol. The van der Waals surface area contributed by atoms with Gasteiger partial charge in [-0.05, 0) is 13.0 Å². The van der Waals surface area contributed by atoms with Crippen LogP contribution in [0.15, 0.2) is 12.5 Å². The van der Waals surface area contributed by atoms with Crippen LogP contribution >= 0.6 is 0 Å². The van der Waals surface area contributed by atoms with E-state index >= 15 is 0 Å². The van der Waals surface area contributed by atoms with Gasteiger partial charge in [-0.3, -0.25) is 5.32 Å². The topological polar surface area (TPSA) is 53.6 Å². The first kappa shape index (κ1) is 10.7. The summed E-state index contributed by atoms with van der Waals surface area (Å²) in [7, 11) is 0. The van der Waals surface area contributed by atoms with Crippen molar-refractivity contribution in [2.45, 2.75) is 32.9 Å². The van der Waals surface area contributed by atoms with Gasteiger partial charge in [-0.2, -0.15) is 5.26 Å². The Morgan fingerprint density at radius 2 is 2.43 bits per heavy atom. The Balaban J connectivity index is 2.81. The molecular formula is C10H16N4. The molecule has 14 heavy (non-hydrogen) atoms. The number of nitriles is 1. The fourth-order valence-electron chi connectivity index (χ4n) is 1.42. The van der Waals surface area contributed by atoms with Gasteiger partial charge in [-0.15, -0.1) is 0 Å². The monoisotopic (exact) mass is 192 g/mol. The van der Waals surface area contributed by atoms with Crippen molar-refractivity contribution in [3.63, 3.8) is 0 Å². The number of nitrogens with zero attached hydrogens (tertiary/aromatic N) is 3. The highest BCUT2D eigenvalue weighted by molar-refractivity contribution is 5.13. The fourth-order valence-corrected chi connectivity index (χ4v) is 1.42. The first-order valence-electron chi connectivity index (χ1n) is 4.96. The molecule has 0 saturated heterocycles. The van der Waals surface area contributed by atoms with E-state index < -0.39 is 0 Å². The maximum absolute atomic E-state index is 8.97. The van der Waals surface area contributed by atoms with Gasteiger partial charge >= 0.3 is 0 Å². The Morgan fingerprint density at radius 3 is 3.00 bits per heavy atom. The van der Waals surface area contributed by atoms with Crippen molar-refractivity contribution >= 4 is 0 Å². The van der Waals surface area contributed by atoms with E-state index in [1.165, 1.54) is 0 Å². The van der Waals surface area contributed by atoms with Crippen molar-refractivity contribution < 1.29 is 0 Å². The summed E-state index contributed by atoms with van der Waals surface area (Å²) in [6, 6.07) is 1.99. The van der Waals surface area contributed by atoms with Gasteiger partial charge in [-0.25, -0.2) is 4.98 Å². The second-order valence-corrected chi connectivity index (χ2v) is 3.13. The molecule has 0 bridgehead atoms. The molecule has 76 valence electrons. The number of hydrogen-bond donors (Lipinski definition) is 1. The van der Waals surface area contributed by atoms with E-state index in [1.54, 1.807) is 12.5 Å². The molecule has 0 aliphatic carbocycles. The number of aromatic nitrogens is 2. The normalized spacial score (nSPS) is 12.4. The van der Waals surface area contributed by atoms with Gasteiger partial charge in [0.2, 0.25) is 0 Å². The molecule has 1 heterocycles. The van der Waals surface area contributed by atoms with Crippen LogP contribution in [-0.4, -0.2) is 16.1 Å². The first-order valence-corrected chi connectivity index (χ1v) is 4.96. The molecule has 1 N–H and O–H groups in total. The van der Waals surface area contributed by atoms with E-state index in [0.717, 1.165) is 25.2 Å². The second-order valence-electron chi connectivity index (χ2n) is 3.13. The summed E-state index contributed by atoms with van der Waals surface area (Å²) in [6.07, 6.45) is 4.58. The summed E-state index contributed by atoms with van der Waals surface area (Å²) in [5.74, 6) is 0. The van der Waals surface area contributed by atoms with Gasteiger partial charge < -0.3 is 4.57 Å². The molecule has 0 aromatic carbocycles. The van der Waals surface area contributed by atoms with Crippen molar-refractivity contribution in [1.82, 2.24) is 14.9 Å². The SMILES string of the molecule is CCCn1cncc1C(C#N)NCC. The van der Waals surface area contributed by atoms with E-state index in [9.17, 15) is 0 Å². The van der Waals surface area contributed by atoms with Gasteiger partial charge in [0, 0.05) is 6.54 Å². The number of aryl methyl sites for hydroxylation is 1. The largest absolute Gasteiger partial charge is 0.332 e. The van der Waals surface area contributed by atoms with E-state index in [1.807, 2.05) is 11.5 Å². The zero-order chi connectivity index (χ0) is 10.4. The third-order valence-electron chi connectivity index (χ3n) is 2.04. The molecule has 0 saturated carbocycles. The minimum absolute atomic E-state index is 0.242. The van der Waals surface area contributed by atoms with Gasteiger partial charge in [0.1, 0.15) is 6.04 Å². The van der Waals surface area contributed by atoms with Gasteiger partial charge in [-0.1, -0.05) is 13.8 Å². The molecule has 0 fully saturated rings. The summed E-state index contributed by atoms with van der Waals surface area (Å²) < 4.78 is 2.02. The Labute approximate surface area is 84.6 Å². The third kappa shape index (κ3) is 2.33. The smallest absolute Gasteiger partial charge is 0.138 e. The Kier molecular flexibility index (Phi) is 4.14. The summed E-state index contributed by atoms with van der Waals surface area (Å²) in [6.45, 7) is 5.80. The molecule has 1 rings (SSSR count). The van der Waals surface area contributed by atoms with Crippen LogP contribution in [0, 0.1) is 11.3 Å². The lowest BCUT2D eigenvalue weighted by Crippen LogP contribution is -2.21. The third-order valence-corrected chi connectivity index (χ3v) is 2.04. The highest BCUT2D eigenvalue weighted by atomic mass is 15.1. The molecule has 1 aromatic heterocycles. The zero-order valence-corrected chi connectivity index (χ0v) is 8.70. The summed E-state index contributed by atoms with van der Waals surface area (Å²) in [5, 5.41) is 12.1. The van der Waals surface area contributed by atoms with E-state index in [-0.39, 0.29) is 6.04 Å². The van der Waals surface area contributed by atoms with Crippen molar-refractivity contribution in [2.24, 2.45) is 0 Å². The van der Waals surface area contributed by atoms with Crippen LogP contribution in [0.3, 0.4) is 0 Å². The number of rotatable bonds is 5. The standard InChI is InChI=1S/C10H16N4/c1-3-5-14-8-12-7-10(14)9(6-11)13-4-2/h7-9,13H,3-5H2,1-2H3. The Bertz CT molecular complexity index is 310. The van der Waals surface area contributed by atoms with Crippen LogP contribution in [0.1, 0.15) is 32.0 Å². The first-order chi connectivity index (χ1) is 6.83. The minimum Gasteiger partial charge on any atom is -0.332 e. The molecule has 0 aliphatic rings. The molecule has 4 heteroatoms. The molecular weight excluding hydrogens is 176 g/mol. The maximum atomic E-state index is 8.97. The number of hydrogen-bond acceptors (Lipinski definition) is 3. The van der Waals surface area contributed by atoms with Crippen LogP contribution in [0.4, 0.5) is 0 Å². The Hall–Kier alpha value is -1.34. The number of imidazole rings is 1. The second kappa shape index (κ2) is 5.40. The zero-order valence-electron chi connectivity index (χ0n) is 8.70. The van der Waals surface area contributed by atoms with Crippen LogP contribution in [0.5, 0.6) is 0 Å². The quantitative estimate of drug-likeness (QED) is 0.768. The lowest BCUT2D eigenvalue weighted by atomic mass is 10.2. The molecule has 0 aliphatic heterocycles. The van der Waals surface area contributed by atoms with Crippen molar-refractivity contribution in [3.8, 4) is 6.07 Å². The van der Waals surface area contributed by atoms with Gasteiger partial charge in [0.15, 0.2) is 0 Å². The molecule has 1 aromatic rings. The maximum Gasteiger partial charge on any atom is 0.138 e. The lowest BCUT2D eigenvalue weighted by molar-refractivity contribution is 0.575. The van der Waals surface area contributed by atoms with Crippen molar-refractivity contribution in [2.75, 3.05) is 6.54 Å². The minimum atomic E-state index is -0.242. The summed E-state index contributed by atoms with van der Waals surface area (Å²) in [5.41, 5.74) is 0.955. The molecule has 0 amide bonds. The average Bonchev–Trinajstić information content (AvgIpc) is 2.63. The Morgan fingerprint density at radius 1 is 1.64 bits per heavy atom. The highest BCUT2D eigenvalue weighted by Gasteiger charge is 2.13. The van der Waals surface area contributed by atoms with Crippen molar-refractivity contribution in [3.05, 3.63) is 18.2 Å². The summed E-state index contributed by atoms with van der Waals surface area (Å²) >= 11 is 0. The molecule has 4 nitrogen and oxygen atoms in total. The lowest BCUT2D eigenvalue weighted by Gasteiger charge is -2.12. The van der Waals surface area contributed by atoms with E-state index in [2.05, 4.69) is 23.3 Å². The van der Waals surface area contributed by atoms with Gasteiger partial charge in [0.05, 0.1) is 24.3 Å². The number of nitrogens with one attached hydrogen (secondary N) is 1. The molecule has 1 atom stereocenters. The van der Waals surface area contributed by atoms with E-state index in [0.29, 0.717) is 0 Å². The summed E-state index contributed by atoms with van der Waals surface area (Å²) in [4.78, 5) is 4.06. The molecule has 1 unspecified atom stereocenters. The van der Waals surface area contributed by atoms with Crippen LogP contribution < -0.4 is 5.32 Å². The van der Waals surface area contributed by atoms with E-state index in [4.69, 9.17) is 5.26 Å². The fraction of sp³-hybridized carbons (Fsp3) is 0.600. The predicted octanol–water partition coefficient (Wildman–Crippen LogP) is 1.47. The van der Waals surface area contributed by atoms with Gasteiger partial charge in [0.25, 0.3) is 0 Å².